The molecule has 2 aromatic rings. The number of hydrogen-bond donors (Lipinski definition) is 1. The Labute approximate surface area is 203 Å². The van der Waals surface area contributed by atoms with Crippen molar-refractivity contribution in [1.82, 2.24) is 0 Å². The van der Waals surface area contributed by atoms with Crippen molar-refractivity contribution in [2.75, 3.05) is 6.61 Å². The van der Waals surface area contributed by atoms with Gasteiger partial charge < -0.3 is 14.6 Å². The topological polar surface area (TPSA) is 55.8 Å². The Hall–Kier alpha value is -2.10. The number of aliphatic hydroxyl groups is 1. The lowest BCUT2D eigenvalue weighted by atomic mass is 10.1. The summed E-state index contributed by atoms with van der Waals surface area (Å²) in [5.74, 6) is 6.23. The minimum absolute atomic E-state index is 0.0174. The number of thioether (sulfide) groups is 1. The summed E-state index contributed by atoms with van der Waals surface area (Å²) in [6.07, 6.45) is -0.352. The average molecular weight is 469 g/mol. The molecular formula is C28H36O4S. The largest absolute Gasteiger partial charge is 0.390 e. The molecule has 0 aliphatic carbocycles. The Bertz CT molecular complexity index is 881. The molecule has 1 N–H and O–H groups in total. The fourth-order valence-corrected chi connectivity index (χ4v) is 4.07. The van der Waals surface area contributed by atoms with Gasteiger partial charge in [-0.25, -0.2) is 0 Å². The Morgan fingerprint density at radius 2 is 1.70 bits per heavy atom. The van der Waals surface area contributed by atoms with Gasteiger partial charge in [0.1, 0.15) is 12.2 Å². The van der Waals surface area contributed by atoms with Gasteiger partial charge in [-0.3, -0.25) is 4.79 Å². The SMILES string of the molecule is CCC[C@H](O)[C@@H](COCc1ccccc1)OC(C#Cc1ccccc1)CC(=O)SC(C)(C)C. The normalized spacial score (nSPS) is 14.1. The zero-order valence-corrected chi connectivity index (χ0v) is 20.9. The van der Waals surface area contributed by atoms with Crippen LogP contribution in [0.3, 0.4) is 0 Å². The van der Waals surface area contributed by atoms with Crippen molar-refractivity contribution in [2.24, 2.45) is 0 Å². The highest BCUT2D eigenvalue weighted by molar-refractivity contribution is 8.14. The lowest BCUT2D eigenvalue weighted by Gasteiger charge is -2.26. The van der Waals surface area contributed by atoms with Crippen molar-refractivity contribution >= 4 is 16.9 Å². The summed E-state index contributed by atoms with van der Waals surface area (Å²) in [7, 11) is 0. The molecule has 3 atom stereocenters. The van der Waals surface area contributed by atoms with E-state index in [1.165, 1.54) is 11.8 Å². The fraction of sp³-hybridized carbons (Fsp3) is 0.464. The van der Waals surface area contributed by atoms with Gasteiger partial charge in [0.25, 0.3) is 0 Å². The number of benzene rings is 2. The second-order valence-electron chi connectivity index (χ2n) is 8.95. The standard InChI is InChI=1S/C28H36O4S/c1-5-12-25(29)26(21-31-20-23-15-10-7-11-16-23)32-24(19-27(30)33-28(2,3)4)18-17-22-13-8-6-9-14-22/h6-11,13-16,24-26,29H,5,12,19-21H2,1-4H3/t24?,25-,26+/m0/s1. The number of ether oxygens (including phenoxy) is 2. The van der Waals surface area contributed by atoms with Gasteiger partial charge in [0.05, 0.1) is 25.7 Å². The van der Waals surface area contributed by atoms with Gasteiger partial charge in [-0.05, 0) is 24.1 Å². The summed E-state index contributed by atoms with van der Waals surface area (Å²) in [6.45, 7) is 8.69. The molecule has 1 unspecified atom stereocenters. The third-order valence-corrected chi connectivity index (χ3v) is 5.68. The molecule has 178 valence electrons. The summed E-state index contributed by atoms with van der Waals surface area (Å²) in [4.78, 5) is 12.7. The van der Waals surface area contributed by atoms with Gasteiger partial charge in [0, 0.05) is 10.3 Å². The van der Waals surface area contributed by atoms with Crippen molar-refractivity contribution in [1.29, 1.82) is 0 Å². The summed E-state index contributed by atoms with van der Waals surface area (Å²) >= 11 is 1.29. The number of carbonyl (C=O) groups excluding carboxylic acids is 1. The first-order chi connectivity index (χ1) is 15.8. The Balaban J connectivity index is 2.13. The van der Waals surface area contributed by atoms with E-state index in [4.69, 9.17) is 9.47 Å². The van der Waals surface area contributed by atoms with E-state index in [-0.39, 0.29) is 22.9 Å². The van der Waals surface area contributed by atoms with Gasteiger partial charge in [0.2, 0.25) is 0 Å². The molecule has 0 heterocycles. The van der Waals surface area contributed by atoms with E-state index in [1.54, 1.807) is 0 Å². The molecule has 0 saturated heterocycles. The molecular weight excluding hydrogens is 432 g/mol. The molecule has 2 aromatic carbocycles. The fourth-order valence-electron chi connectivity index (χ4n) is 3.15. The van der Waals surface area contributed by atoms with Crippen LogP contribution in [0, 0.1) is 11.8 Å². The molecule has 5 heteroatoms. The summed E-state index contributed by atoms with van der Waals surface area (Å²) in [5.41, 5.74) is 1.91. The average Bonchev–Trinajstić information content (AvgIpc) is 2.77. The first kappa shape index (κ1) is 27.1. The predicted molar refractivity (Wildman–Crippen MR) is 136 cm³/mol. The lowest BCUT2D eigenvalue weighted by molar-refractivity contribution is -0.120. The first-order valence-electron chi connectivity index (χ1n) is 11.5. The molecule has 2 rings (SSSR count). The molecule has 0 radical (unpaired) electrons. The molecule has 0 aliphatic rings. The molecule has 0 fully saturated rings. The molecule has 4 nitrogen and oxygen atoms in total. The van der Waals surface area contributed by atoms with E-state index < -0.39 is 18.3 Å². The monoisotopic (exact) mass is 468 g/mol. The number of aliphatic hydroxyl groups excluding tert-OH is 1. The van der Waals surface area contributed by atoms with Crippen molar-refractivity contribution in [2.45, 2.75) is 76.6 Å². The van der Waals surface area contributed by atoms with E-state index in [1.807, 2.05) is 88.4 Å². The molecule has 0 spiro atoms. The quantitative estimate of drug-likeness (QED) is 0.434. The predicted octanol–water partition coefficient (Wildman–Crippen LogP) is 5.62. The third kappa shape index (κ3) is 11.5. The van der Waals surface area contributed by atoms with Crippen LogP contribution in [0.15, 0.2) is 60.7 Å². The van der Waals surface area contributed by atoms with Crippen molar-refractivity contribution in [3.8, 4) is 11.8 Å². The highest BCUT2D eigenvalue weighted by Gasteiger charge is 2.26. The van der Waals surface area contributed by atoms with E-state index in [9.17, 15) is 9.90 Å². The zero-order chi connectivity index (χ0) is 24.1. The van der Waals surface area contributed by atoms with Crippen LogP contribution in [0.1, 0.15) is 58.1 Å². The summed E-state index contributed by atoms with van der Waals surface area (Å²) in [6, 6.07) is 19.5. The summed E-state index contributed by atoms with van der Waals surface area (Å²) in [5, 5.41) is 10.7. The molecule has 0 aliphatic heterocycles. The van der Waals surface area contributed by atoms with Gasteiger partial charge in [-0.15, -0.1) is 0 Å². The summed E-state index contributed by atoms with van der Waals surface area (Å²) < 4.78 is 11.9. The van der Waals surface area contributed by atoms with Crippen LogP contribution in [-0.2, 0) is 20.9 Å². The number of hydrogen-bond acceptors (Lipinski definition) is 5. The second-order valence-corrected chi connectivity index (χ2v) is 10.8. The van der Waals surface area contributed by atoms with Crippen LogP contribution < -0.4 is 0 Å². The first-order valence-corrected chi connectivity index (χ1v) is 12.3. The molecule has 33 heavy (non-hydrogen) atoms. The highest BCUT2D eigenvalue weighted by Crippen LogP contribution is 2.26. The van der Waals surface area contributed by atoms with Gasteiger partial charge in [-0.2, -0.15) is 0 Å². The Kier molecular flexibility index (Phi) is 11.7. The third-order valence-electron chi connectivity index (χ3n) is 4.67. The molecule has 0 aromatic heterocycles. The maximum absolute atomic E-state index is 12.7. The zero-order valence-electron chi connectivity index (χ0n) is 20.1. The number of carbonyl (C=O) groups is 1. The van der Waals surface area contributed by atoms with Crippen LogP contribution in [0.25, 0.3) is 0 Å². The minimum Gasteiger partial charge on any atom is -0.390 e. The van der Waals surface area contributed by atoms with Crippen LogP contribution in [0.5, 0.6) is 0 Å². The molecule has 0 bridgehead atoms. The van der Waals surface area contributed by atoms with E-state index in [0.717, 1.165) is 17.5 Å². The smallest absolute Gasteiger partial charge is 0.193 e. The van der Waals surface area contributed by atoms with Crippen LogP contribution >= 0.6 is 11.8 Å². The maximum atomic E-state index is 12.7. The van der Waals surface area contributed by atoms with Gasteiger partial charge in [0.15, 0.2) is 5.12 Å². The Morgan fingerprint density at radius 3 is 2.30 bits per heavy atom. The number of rotatable bonds is 11. The van der Waals surface area contributed by atoms with Crippen molar-refractivity contribution in [3.05, 3.63) is 71.8 Å². The van der Waals surface area contributed by atoms with Crippen molar-refractivity contribution < 1.29 is 19.4 Å². The second kappa shape index (κ2) is 14.2. The van der Waals surface area contributed by atoms with Crippen LogP contribution in [0.2, 0.25) is 0 Å². The van der Waals surface area contributed by atoms with Crippen LogP contribution in [0.4, 0.5) is 0 Å². The van der Waals surface area contributed by atoms with E-state index in [2.05, 4.69) is 11.8 Å². The lowest BCUT2D eigenvalue weighted by Crippen LogP contribution is -2.37. The Morgan fingerprint density at radius 1 is 1.06 bits per heavy atom. The molecule has 0 saturated carbocycles. The van der Waals surface area contributed by atoms with Gasteiger partial charge in [-0.1, -0.05) is 106 Å². The van der Waals surface area contributed by atoms with E-state index >= 15 is 0 Å². The maximum Gasteiger partial charge on any atom is 0.193 e. The van der Waals surface area contributed by atoms with Crippen molar-refractivity contribution in [3.63, 3.8) is 0 Å². The minimum atomic E-state index is -0.697. The highest BCUT2D eigenvalue weighted by atomic mass is 32.2. The van der Waals surface area contributed by atoms with E-state index in [0.29, 0.717) is 13.0 Å². The molecule has 0 amide bonds. The van der Waals surface area contributed by atoms with Gasteiger partial charge >= 0.3 is 0 Å². The van der Waals surface area contributed by atoms with Crippen LogP contribution in [-0.4, -0.2) is 39.9 Å².